The van der Waals surface area contributed by atoms with E-state index in [0.29, 0.717) is 11.1 Å². The summed E-state index contributed by atoms with van der Waals surface area (Å²) < 4.78 is 78.1. The lowest BCUT2D eigenvalue weighted by Gasteiger charge is -2.14. The lowest BCUT2D eigenvalue weighted by atomic mass is 10.1. The molecule has 2 N–H and O–H groups in total. The number of fused-ring (bicyclic) bond motifs is 1. The largest absolute Gasteiger partial charge is 0.417 e. The minimum atomic E-state index is -4.60. The van der Waals surface area contributed by atoms with E-state index >= 15 is 0 Å². The molecule has 0 atom stereocenters. The molecule has 1 aromatic heterocycles. The highest BCUT2D eigenvalue weighted by Crippen LogP contribution is 2.37. The molecule has 0 bridgehead atoms. The van der Waals surface area contributed by atoms with Gasteiger partial charge in [0.1, 0.15) is 0 Å². The maximum Gasteiger partial charge on any atom is 0.417 e. The van der Waals surface area contributed by atoms with E-state index in [1.807, 2.05) is 0 Å². The van der Waals surface area contributed by atoms with Crippen LogP contribution in [0.5, 0.6) is 0 Å². The molecule has 4 rings (SSSR count). The zero-order valence-corrected chi connectivity index (χ0v) is 20.2. The highest BCUT2D eigenvalue weighted by Gasteiger charge is 2.33. The molecule has 0 spiro atoms. The van der Waals surface area contributed by atoms with Crippen molar-refractivity contribution in [2.75, 3.05) is 10.6 Å². The van der Waals surface area contributed by atoms with E-state index in [4.69, 9.17) is 23.8 Å². The molecular formula is C24H14ClF6N3S2. The number of pyridine rings is 1. The van der Waals surface area contributed by atoms with E-state index in [1.165, 1.54) is 30.1 Å². The van der Waals surface area contributed by atoms with Gasteiger partial charge in [-0.3, -0.25) is 4.98 Å². The summed E-state index contributed by atoms with van der Waals surface area (Å²) in [4.78, 5) is 5.58. The maximum absolute atomic E-state index is 13.0. The number of rotatable bonds is 4. The standard InChI is InChI=1S/C24H14ClF6N3S2/c25-19-8-4-15(12-18(19)24(29,30)31)34-22(35)33-14-2-5-16(6-3-14)36-21-9-10-32-20-11-13(23(26,27)28)1-7-17(20)21/h1-12H,(H2,33,34,35). The van der Waals surface area contributed by atoms with Crippen LogP contribution in [0.1, 0.15) is 11.1 Å². The number of hydrogen-bond acceptors (Lipinski definition) is 3. The predicted molar refractivity (Wildman–Crippen MR) is 134 cm³/mol. The molecule has 0 aliphatic heterocycles. The molecule has 0 amide bonds. The van der Waals surface area contributed by atoms with Crippen molar-refractivity contribution in [3.05, 3.63) is 89.1 Å². The number of halogens is 7. The van der Waals surface area contributed by atoms with Crippen LogP contribution in [0.3, 0.4) is 0 Å². The summed E-state index contributed by atoms with van der Waals surface area (Å²) >= 11 is 12.2. The zero-order chi connectivity index (χ0) is 26.1. The maximum atomic E-state index is 13.0. The molecule has 0 fully saturated rings. The molecule has 3 nitrogen and oxygen atoms in total. The van der Waals surface area contributed by atoms with Gasteiger partial charge in [0.05, 0.1) is 21.7 Å². The molecule has 0 saturated heterocycles. The summed E-state index contributed by atoms with van der Waals surface area (Å²) in [5.41, 5.74) is -0.805. The fraction of sp³-hybridized carbons (Fsp3) is 0.0833. The number of alkyl halides is 6. The second kappa shape index (κ2) is 10.2. The van der Waals surface area contributed by atoms with Gasteiger partial charge in [0.15, 0.2) is 5.11 Å². The van der Waals surface area contributed by atoms with Crippen molar-refractivity contribution in [3.8, 4) is 0 Å². The van der Waals surface area contributed by atoms with Crippen molar-refractivity contribution in [2.45, 2.75) is 22.1 Å². The first-order valence-electron chi connectivity index (χ1n) is 10.1. The van der Waals surface area contributed by atoms with Crippen LogP contribution >= 0.6 is 35.6 Å². The molecule has 1 heterocycles. The molecule has 0 saturated carbocycles. The number of nitrogens with zero attached hydrogens (tertiary/aromatic N) is 1. The Morgan fingerprint density at radius 1 is 0.806 bits per heavy atom. The third-order valence-electron chi connectivity index (χ3n) is 4.90. The van der Waals surface area contributed by atoms with Crippen molar-refractivity contribution in [1.29, 1.82) is 0 Å². The molecule has 3 aromatic carbocycles. The van der Waals surface area contributed by atoms with Gasteiger partial charge < -0.3 is 10.6 Å². The first-order valence-corrected chi connectivity index (χ1v) is 11.7. The van der Waals surface area contributed by atoms with Crippen molar-refractivity contribution in [1.82, 2.24) is 4.98 Å². The Hall–Kier alpha value is -3.02. The summed E-state index contributed by atoms with van der Waals surface area (Å²) in [5.74, 6) is 0. The Labute approximate surface area is 215 Å². The minimum Gasteiger partial charge on any atom is -0.332 e. The van der Waals surface area contributed by atoms with Gasteiger partial charge in [0.2, 0.25) is 0 Å². The summed E-state index contributed by atoms with van der Waals surface area (Å²) in [6.45, 7) is 0. The number of anilines is 2. The third-order valence-corrected chi connectivity index (χ3v) is 6.52. The van der Waals surface area contributed by atoms with Crippen LogP contribution in [0.4, 0.5) is 37.7 Å². The van der Waals surface area contributed by atoms with E-state index in [2.05, 4.69) is 15.6 Å². The van der Waals surface area contributed by atoms with Crippen molar-refractivity contribution in [3.63, 3.8) is 0 Å². The summed E-state index contributed by atoms with van der Waals surface area (Å²) in [6.07, 6.45) is -7.60. The topological polar surface area (TPSA) is 37.0 Å². The first kappa shape index (κ1) is 26.1. The van der Waals surface area contributed by atoms with Gasteiger partial charge in [-0.15, -0.1) is 0 Å². The fourth-order valence-corrected chi connectivity index (χ4v) is 4.63. The van der Waals surface area contributed by atoms with Crippen molar-refractivity contribution in [2.24, 2.45) is 0 Å². The third kappa shape index (κ3) is 6.21. The van der Waals surface area contributed by atoms with Gasteiger partial charge in [-0.2, -0.15) is 26.3 Å². The SMILES string of the molecule is FC(F)(F)c1ccc2c(Sc3ccc(NC(=S)Nc4ccc(Cl)c(C(F)(F)F)c4)cc3)ccnc2c1. The van der Waals surface area contributed by atoms with Gasteiger partial charge in [0.25, 0.3) is 0 Å². The first-order chi connectivity index (χ1) is 16.9. The van der Waals surface area contributed by atoms with Gasteiger partial charge in [0, 0.05) is 32.7 Å². The quantitative estimate of drug-likeness (QED) is 0.194. The van der Waals surface area contributed by atoms with E-state index in [1.54, 1.807) is 30.3 Å². The number of hydrogen-bond donors (Lipinski definition) is 2. The average molecular weight is 558 g/mol. The Morgan fingerprint density at radius 2 is 1.47 bits per heavy atom. The summed E-state index contributed by atoms with van der Waals surface area (Å²) in [5, 5.41) is 5.82. The number of nitrogens with one attached hydrogen (secondary N) is 2. The minimum absolute atomic E-state index is 0.0754. The lowest BCUT2D eigenvalue weighted by molar-refractivity contribution is -0.138. The van der Waals surface area contributed by atoms with Crippen molar-refractivity contribution >= 4 is 63.0 Å². The van der Waals surface area contributed by atoms with Gasteiger partial charge in [-0.25, -0.2) is 0 Å². The average Bonchev–Trinajstić information content (AvgIpc) is 2.80. The number of benzene rings is 3. The molecule has 186 valence electrons. The second-order valence-electron chi connectivity index (χ2n) is 7.44. The van der Waals surface area contributed by atoms with Crippen LogP contribution in [0, 0.1) is 0 Å². The molecule has 0 aliphatic rings. The van der Waals surface area contributed by atoms with Crippen LogP contribution in [-0.2, 0) is 12.4 Å². The normalized spacial score (nSPS) is 12.0. The van der Waals surface area contributed by atoms with Crippen LogP contribution in [0.25, 0.3) is 10.9 Å². The highest BCUT2D eigenvalue weighted by atomic mass is 35.5. The molecule has 0 aliphatic carbocycles. The molecular weight excluding hydrogens is 544 g/mol. The molecule has 4 aromatic rings. The summed E-state index contributed by atoms with van der Waals surface area (Å²) in [6, 6.07) is 15.5. The monoisotopic (exact) mass is 557 g/mol. The smallest absolute Gasteiger partial charge is 0.332 e. The van der Waals surface area contributed by atoms with Crippen LogP contribution < -0.4 is 10.6 Å². The molecule has 0 unspecified atom stereocenters. The van der Waals surface area contributed by atoms with Crippen molar-refractivity contribution < 1.29 is 26.3 Å². The van der Waals surface area contributed by atoms with Crippen LogP contribution in [0.2, 0.25) is 5.02 Å². The Balaban J connectivity index is 1.44. The Morgan fingerprint density at radius 3 is 2.14 bits per heavy atom. The van der Waals surface area contributed by atoms with Crippen LogP contribution in [-0.4, -0.2) is 10.1 Å². The second-order valence-corrected chi connectivity index (χ2v) is 9.37. The Kier molecular flexibility index (Phi) is 7.35. The molecule has 12 heteroatoms. The highest BCUT2D eigenvalue weighted by molar-refractivity contribution is 7.99. The van der Waals surface area contributed by atoms with E-state index < -0.39 is 28.5 Å². The van der Waals surface area contributed by atoms with Gasteiger partial charge in [-0.05, 0) is 72.9 Å². The number of aromatic nitrogens is 1. The lowest BCUT2D eigenvalue weighted by Crippen LogP contribution is -2.19. The fourth-order valence-electron chi connectivity index (χ4n) is 3.23. The number of thiocarbonyl (C=S) groups is 1. The van der Waals surface area contributed by atoms with E-state index in [0.717, 1.165) is 34.1 Å². The van der Waals surface area contributed by atoms with E-state index in [9.17, 15) is 26.3 Å². The molecule has 0 radical (unpaired) electrons. The van der Waals surface area contributed by atoms with Gasteiger partial charge >= 0.3 is 12.4 Å². The van der Waals surface area contributed by atoms with E-state index in [-0.39, 0.29) is 16.3 Å². The van der Waals surface area contributed by atoms with Gasteiger partial charge in [-0.1, -0.05) is 29.4 Å². The Bertz CT molecular complexity index is 1420. The predicted octanol–water partition coefficient (Wildman–Crippen LogP) is 8.89. The zero-order valence-electron chi connectivity index (χ0n) is 17.8. The van der Waals surface area contributed by atoms with Crippen LogP contribution in [0.15, 0.2) is 82.7 Å². The molecule has 36 heavy (non-hydrogen) atoms. The summed E-state index contributed by atoms with van der Waals surface area (Å²) in [7, 11) is 0.